The van der Waals surface area contributed by atoms with E-state index in [0.29, 0.717) is 28.2 Å². The van der Waals surface area contributed by atoms with Crippen LogP contribution in [0, 0.1) is 0 Å². The van der Waals surface area contributed by atoms with Gasteiger partial charge in [0.1, 0.15) is 11.5 Å². The smallest absolute Gasteiger partial charge is 0.275 e. The van der Waals surface area contributed by atoms with Gasteiger partial charge in [-0.25, -0.2) is 9.97 Å². The summed E-state index contributed by atoms with van der Waals surface area (Å²) in [6, 6.07) is 7.43. The first kappa shape index (κ1) is 15.1. The Balaban J connectivity index is 1.58. The van der Waals surface area contributed by atoms with Crippen LogP contribution < -0.4 is 5.32 Å². The number of fused-ring (bicyclic) bond motifs is 1. The SMILES string of the molecule is O=C(Nc1ccc2cc(Cl)cnc2n1)c1ccnn1C1CCCC1. The summed E-state index contributed by atoms with van der Waals surface area (Å²) in [6.45, 7) is 0. The largest absolute Gasteiger partial charge is 0.305 e. The number of hydrogen-bond acceptors (Lipinski definition) is 4. The van der Waals surface area contributed by atoms with Crippen LogP contribution in [0.1, 0.15) is 42.2 Å². The third kappa shape index (κ3) is 2.85. The first-order valence-electron chi connectivity index (χ1n) is 7.98. The van der Waals surface area contributed by atoms with Crippen LogP contribution in [0.15, 0.2) is 36.7 Å². The molecule has 3 aromatic rings. The Morgan fingerprint density at radius 2 is 2.08 bits per heavy atom. The maximum atomic E-state index is 12.6. The summed E-state index contributed by atoms with van der Waals surface area (Å²) in [5.41, 5.74) is 1.11. The molecule has 0 radical (unpaired) electrons. The van der Waals surface area contributed by atoms with Gasteiger partial charge in [0.25, 0.3) is 5.91 Å². The maximum Gasteiger partial charge on any atom is 0.275 e. The Morgan fingerprint density at radius 3 is 2.92 bits per heavy atom. The maximum absolute atomic E-state index is 12.6. The van der Waals surface area contributed by atoms with E-state index in [1.165, 1.54) is 19.0 Å². The number of anilines is 1. The highest BCUT2D eigenvalue weighted by molar-refractivity contribution is 6.31. The number of carbonyl (C=O) groups excluding carboxylic acids is 1. The highest BCUT2D eigenvalue weighted by Gasteiger charge is 2.22. The van der Waals surface area contributed by atoms with Crippen LogP contribution in [-0.4, -0.2) is 25.7 Å². The monoisotopic (exact) mass is 341 g/mol. The van der Waals surface area contributed by atoms with E-state index in [1.54, 1.807) is 24.4 Å². The van der Waals surface area contributed by atoms with Gasteiger partial charge < -0.3 is 5.32 Å². The molecule has 0 spiro atoms. The minimum Gasteiger partial charge on any atom is -0.305 e. The zero-order valence-electron chi connectivity index (χ0n) is 12.9. The molecule has 7 heteroatoms. The van der Waals surface area contributed by atoms with Gasteiger partial charge in [0.15, 0.2) is 5.65 Å². The predicted molar refractivity (Wildman–Crippen MR) is 92.2 cm³/mol. The van der Waals surface area contributed by atoms with Gasteiger partial charge in [0, 0.05) is 17.8 Å². The first-order chi connectivity index (χ1) is 11.7. The zero-order valence-corrected chi connectivity index (χ0v) is 13.7. The number of rotatable bonds is 3. The van der Waals surface area contributed by atoms with Gasteiger partial charge in [0.2, 0.25) is 0 Å². The van der Waals surface area contributed by atoms with Gasteiger partial charge in [-0.2, -0.15) is 5.10 Å². The number of hydrogen-bond donors (Lipinski definition) is 1. The number of nitrogens with one attached hydrogen (secondary N) is 1. The molecule has 0 aliphatic heterocycles. The van der Waals surface area contributed by atoms with Crippen LogP contribution in [0.3, 0.4) is 0 Å². The first-order valence-corrected chi connectivity index (χ1v) is 8.36. The van der Waals surface area contributed by atoms with E-state index in [4.69, 9.17) is 11.6 Å². The number of pyridine rings is 2. The van der Waals surface area contributed by atoms with Crippen LogP contribution in [0.4, 0.5) is 5.82 Å². The molecule has 0 saturated heterocycles. The fourth-order valence-corrected chi connectivity index (χ4v) is 3.33. The fourth-order valence-electron chi connectivity index (χ4n) is 3.17. The number of halogens is 1. The Morgan fingerprint density at radius 1 is 1.25 bits per heavy atom. The lowest BCUT2D eigenvalue weighted by Gasteiger charge is -2.13. The molecule has 1 N–H and O–H groups in total. The molecule has 0 bridgehead atoms. The van der Waals surface area contributed by atoms with Gasteiger partial charge in [0.05, 0.1) is 11.1 Å². The number of carbonyl (C=O) groups is 1. The Bertz CT molecular complexity index is 901. The molecular formula is C17H16ClN5O. The average molecular weight is 342 g/mol. The van der Waals surface area contributed by atoms with Gasteiger partial charge in [-0.1, -0.05) is 24.4 Å². The molecule has 6 nitrogen and oxygen atoms in total. The van der Waals surface area contributed by atoms with Gasteiger partial charge in [-0.3, -0.25) is 9.48 Å². The molecule has 0 atom stereocenters. The van der Waals surface area contributed by atoms with Crippen LogP contribution >= 0.6 is 11.6 Å². The Labute approximate surface area is 143 Å². The molecule has 1 fully saturated rings. The molecule has 1 saturated carbocycles. The predicted octanol–water partition coefficient (Wildman–Crippen LogP) is 3.85. The second kappa shape index (κ2) is 6.20. The van der Waals surface area contributed by atoms with Crippen molar-refractivity contribution in [2.24, 2.45) is 0 Å². The molecule has 122 valence electrons. The van der Waals surface area contributed by atoms with Crippen molar-refractivity contribution in [1.29, 1.82) is 0 Å². The van der Waals surface area contributed by atoms with Crippen LogP contribution in [-0.2, 0) is 0 Å². The molecule has 1 aliphatic carbocycles. The normalized spacial score (nSPS) is 15.0. The summed E-state index contributed by atoms with van der Waals surface area (Å²) in [7, 11) is 0. The van der Waals surface area contributed by atoms with Gasteiger partial charge >= 0.3 is 0 Å². The van der Waals surface area contributed by atoms with Crippen molar-refractivity contribution in [2.75, 3.05) is 5.32 Å². The van der Waals surface area contributed by atoms with E-state index in [-0.39, 0.29) is 5.91 Å². The topological polar surface area (TPSA) is 72.7 Å². The molecule has 0 aromatic carbocycles. The lowest BCUT2D eigenvalue weighted by Crippen LogP contribution is -2.20. The van der Waals surface area contributed by atoms with Crippen LogP contribution in [0.2, 0.25) is 5.02 Å². The third-order valence-corrected chi connectivity index (χ3v) is 4.53. The summed E-state index contributed by atoms with van der Waals surface area (Å²) in [6.07, 6.45) is 7.72. The minimum absolute atomic E-state index is 0.208. The van der Waals surface area contributed by atoms with E-state index in [9.17, 15) is 4.79 Å². The summed E-state index contributed by atoms with van der Waals surface area (Å²) < 4.78 is 1.83. The summed E-state index contributed by atoms with van der Waals surface area (Å²) in [5.74, 6) is 0.252. The molecule has 0 unspecified atom stereocenters. The summed E-state index contributed by atoms with van der Waals surface area (Å²) in [5, 5.41) is 8.55. The van der Waals surface area contributed by atoms with Crippen molar-refractivity contribution in [2.45, 2.75) is 31.7 Å². The molecule has 24 heavy (non-hydrogen) atoms. The second-order valence-corrected chi connectivity index (χ2v) is 6.39. The van der Waals surface area contributed by atoms with E-state index in [2.05, 4.69) is 20.4 Å². The average Bonchev–Trinajstić information content (AvgIpc) is 3.25. The van der Waals surface area contributed by atoms with Gasteiger partial charge in [-0.05, 0) is 37.1 Å². The zero-order chi connectivity index (χ0) is 16.5. The summed E-state index contributed by atoms with van der Waals surface area (Å²) in [4.78, 5) is 21.1. The van der Waals surface area contributed by atoms with Crippen LogP contribution in [0.25, 0.3) is 11.0 Å². The highest BCUT2D eigenvalue weighted by Crippen LogP contribution is 2.30. The fraction of sp³-hybridized carbons (Fsp3) is 0.294. The Kier molecular flexibility index (Phi) is 3.90. The van der Waals surface area contributed by atoms with Crippen molar-refractivity contribution in [3.8, 4) is 0 Å². The standard InChI is InChI=1S/C17H16ClN5O/c18-12-9-11-5-6-15(21-16(11)19-10-12)22-17(24)14-7-8-20-23(14)13-3-1-2-4-13/h5-10,13H,1-4H2,(H,19,21,22,24). The van der Waals surface area contributed by atoms with E-state index in [1.807, 2.05) is 10.7 Å². The lowest BCUT2D eigenvalue weighted by molar-refractivity contribution is 0.101. The van der Waals surface area contributed by atoms with Crippen molar-refractivity contribution in [1.82, 2.24) is 19.7 Å². The van der Waals surface area contributed by atoms with Crippen molar-refractivity contribution in [3.05, 3.63) is 47.4 Å². The van der Waals surface area contributed by atoms with Gasteiger partial charge in [-0.15, -0.1) is 0 Å². The van der Waals surface area contributed by atoms with Crippen molar-refractivity contribution >= 4 is 34.4 Å². The molecular weight excluding hydrogens is 326 g/mol. The Hall–Kier alpha value is -2.47. The number of nitrogens with zero attached hydrogens (tertiary/aromatic N) is 4. The van der Waals surface area contributed by atoms with Crippen molar-refractivity contribution < 1.29 is 4.79 Å². The van der Waals surface area contributed by atoms with Crippen LogP contribution in [0.5, 0.6) is 0 Å². The minimum atomic E-state index is -0.208. The number of aromatic nitrogens is 4. The molecule has 3 heterocycles. The van der Waals surface area contributed by atoms with E-state index >= 15 is 0 Å². The molecule has 4 rings (SSSR count). The second-order valence-electron chi connectivity index (χ2n) is 5.95. The number of amides is 1. The molecule has 3 aromatic heterocycles. The van der Waals surface area contributed by atoms with E-state index in [0.717, 1.165) is 18.2 Å². The quantitative estimate of drug-likeness (QED) is 0.785. The summed E-state index contributed by atoms with van der Waals surface area (Å²) >= 11 is 5.92. The molecule has 1 amide bonds. The lowest BCUT2D eigenvalue weighted by atomic mass is 10.2. The molecule has 1 aliphatic rings. The third-order valence-electron chi connectivity index (χ3n) is 4.32. The van der Waals surface area contributed by atoms with E-state index < -0.39 is 0 Å². The van der Waals surface area contributed by atoms with Crippen molar-refractivity contribution in [3.63, 3.8) is 0 Å². The highest BCUT2D eigenvalue weighted by atomic mass is 35.5.